The number of phenols is 1. The smallest absolute Gasteiger partial charge is 0.259 e. The van der Waals surface area contributed by atoms with Crippen molar-refractivity contribution in [3.05, 3.63) is 53.6 Å². The van der Waals surface area contributed by atoms with Gasteiger partial charge in [-0.15, -0.1) is 0 Å². The van der Waals surface area contributed by atoms with Crippen LogP contribution in [0.4, 0.5) is 11.4 Å². The molecule has 3 rings (SSSR count). The van der Waals surface area contributed by atoms with Gasteiger partial charge in [0.15, 0.2) is 0 Å². The van der Waals surface area contributed by atoms with E-state index in [9.17, 15) is 9.90 Å². The first kappa shape index (κ1) is 17.3. The van der Waals surface area contributed by atoms with Gasteiger partial charge in [-0.1, -0.05) is 19.1 Å². The number of likely N-dealkylation sites (N-methyl/N-ethyl adjacent to an activating group) is 1. The highest BCUT2D eigenvalue weighted by Gasteiger charge is 2.18. The number of nitrogens with one attached hydrogen (secondary N) is 1. The molecule has 1 heterocycles. The summed E-state index contributed by atoms with van der Waals surface area (Å²) in [6, 6.07) is 12.5. The van der Waals surface area contributed by atoms with Gasteiger partial charge in [0.1, 0.15) is 5.75 Å². The van der Waals surface area contributed by atoms with Crippen molar-refractivity contribution in [1.29, 1.82) is 0 Å². The van der Waals surface area contributed by atoms with Crippen molar-refractivity contribution in [1.82, 2.24) is 4.90 Å². The molecule has 0 atom stereocenters. The van der Waals surface area contributed by atoms with Crippen molar-refractivity contribution in [2.75, 3.05) is 42.9 Å². The Morgan fingerprint density at radius 3 is 2.48 bits per heavy atom. The zero-order valence-corrected chi connectivity index (χ0v) is 14.8. The maximum Gasteiger partial charge on any atom is 0.259 e. The summed E-state index contributed by atoms with van der Waals surface area (Å²) in [4.78, 5) is 17.2. The summed E-state index contributed by atoms with van der Waals surface area (Å²) in [5, 5.41) is 12.7. The van der Waals surface area contributed by atoms with E-state index in [1.54, 1.807) is 18.2 Å². The van der Waals surface area contributed by atoms with Gasteiger partial charge in [0.2, 0.25) is 0 Å². The Morgan fingerprint density at radius 2 is 1.84 bits per heavy atom. The molecule has 1 aliphatic rings. The van der Waals surface area contributed by atoms with Gasteiger partial charge in [0.05, 0.1) is 5.56 Å². The van der Waals surface area contributed by atoms with Crippen LogP contribution in [0.1, 0.15) is 22.8 Å². The molecule has 0 spiro atoms. The number of rotatable bonds is 4. The molecule has 1 saturated heterocycles. The Labute approximate surface area is 148 Å². The number of aryl methyl sites for hydroxylation is 1. The minimum Gasteiger partial charge on any atom is -0.507 e. The van der Waals surface area contributed by atoms with Crippen LogP contribution >= 0.6 is 0 Å². The molecular formula is C20H25N3O2. The van der Waals surface area contributed by atoms with Crippen LogP contribution in [0.5, 0.6) is 5.75 Å². The summed E-state index contributed by atoms with van der Waals surface area (Å²) >= 11 is 0. The third kappa shape index (κ3) is 3.94. The van der Waals surface area contributed by atoms with Gasteiger partial charge in [0, 0.05) is 37.6 Å². The van der Waals surface area contributed by atoms with Gasteiger partial charge in [-0.3, -0.25) is 4.79 Å². The molecule has 0 radical (unpaired) electrons. The second-order valence-electron chi connectivity index (χ2n) is 6.39. The molecule has 0 saturated carbocycles. The van der Waals surface area contributed by atoms with Crippen molar-refractivity contribution in [3.63, 3.8) is 0 Å². The highest BCUT2D eigenvalue weighted by Crippen LogP contribution is 2.25. The Hall–Kier alpha value is -2.53. The maximum atomic E-state index is 12.3. The number of para-hydroxylation sites is 1. The number of piperazine rings is 1. The second-order valence-corrected chi connectivity index (χ2v) is 6.39. The number of carbonyl (C=O) groups is 1. The fraction of sp³-hybridized carbons (Fsp3) is 0.350. The summed E-state index contributed by atoms with van der Waals surface area (Å²) < 4.78 is 0. The van der Waals surface area contributed by atoms with Crippen LogP contribution in [0.25, 0.3) is 0 Å². The zero-order chi connectivity index (χ0) is 17.8. The van der Waals surface area contributed by atoms with Gasteiger partial charge in [-0.2, -0.15) is 0 Å². The monoisotopic (exact) mass is 339 g/mol. The fourth-order valence-electron chi connectivity index (χ4n) is 3.26. The quantitative estimate of drug-likeness (QED) is 0.899. The van der Waals surface area contributed by atoms with Gasteiger partial charge < -0.3 is 20.2 Å². The summed E-state index contributed by atoms with van der Waals surface area (Å²) in [6.45, 7) is 9.59. The normalized spacial score (nSPS) is 15.2. The third-order valence-corrected chi connectivity index (χ3v) is 4.76. The highest BCUT2D eigenvalue weighted by atomic mass is 16.3. The van der Waals surface area contributed by atoms with Crippen LogP contribution in [-0.4, -0.2) is 48.6 Å². The average Bonchev–Trinajstić information content (AvgIpc) is 2.62. The van der Waals surface area contributed by atoms with Crippen LogP contribution in [0, 0.1) is 6.92 Å². The standard InChI is InChI=1S/C20H25N3O2/c1-3-22-10-12-23(13-11-22)18-9-8-16(14-15(18)2)21-20(25)17-6-4-5-7-19(17)24/h4-9,14,24H,3,10-13H2,1-2H3,(H,21,25). The van der Waals surface area contributed by atoms with Crippen LogP contribution in [-0.2, 0) is 0 Å². The molecular weight excluding hydrogens is 314 g/mol. The second kappa shape index (κ2) is 7.57. The molecule has 132 valence electrons. The molecule has 5 nitrogen and oxygen atoms in total. The first-order valence-corrected chi connectivity index (χ1v) is 8.75. The van der Waals surface area contributed by atoms with Crippen molar-refractivity contribution < 1.29 is 9.90 Å². The SMILES string of the molecule is CCN1CCN(c2ccc(NC(=O)c3ccccc3O)cc2C)CC1. The van der Waals surface area contributed by atoms with E-state index in [0.29, 0.717) is 0 Å². The number of hydrogen-bond acceptors (Lipinski definition) is 4. The lowest BCUT2D eigenvalue weighted by Crippen LogP contribution is -2.46. The van der Waals surface area contributed by atoms with E-state index < -0.39 is 0 Å². The zero-order valence-electron chi connectivity index (χ0n) is 14.8. The Kier molecular flexibility index (Phi) is 5.24. The van der Waals surface area contributed by atoms with E-state index in [1.165, 1.54) is 11.8 Å². The van der Waals surface area contributed by atoms with E-state index in [4.69, 9.17) is 0 Å². The maximum absolute atomic E-state index is 12.3. The third-order valence-electron chi connectivity index (χ3n) is 4.76. The van der Waals surface area contributed by atoms with Gasteiger partial charge in [0.25, 0.3) is 5.91 Å². The largest absolute Gasteiger partial charge is 0.507 e. The van der Waals surface area contributed by atoms with Gasteiger partial charge >= 0.3 is 0 Å². The predicted molar refractivity (Wildman–Crippen MR) is 102 cm³/mol. The number of hydrogen-bond donors (Lipinski definition) is 2. The van der Waals surface area contributed by atoms with E-state index in [0.717, 1.165) is 44.0 Å². The number of phenolic OH excluding ortho intramolecular Hbond substituents is 1. The molecule has 0 bridgehead atoms. The Bertz CT molecular complexity index is 752. The van der Waals surface area contributed by atoms with E-state index >= 15 is 0 Å². The first-order valence-electron chi connectivity index (χ1n) is 8.75. The molecule has 2 aromatic rings. The van der Waals surface area contributed by atoms with Crippen molar-refractivity contribution in [3.8, 4) is 5.75 Å². The summed E-state index contributed by atoms with van der Waals surface area (Å²) in [7, 11) is 0. The molecule has 0 aromatic heterocycles. The number of amides is 1. The topological polar surface area (TPSA) is 55.8 Å². The van der Waals surface area contributed by atoms with Crippen LogP contribution < -0.4 is 10.2 Å². The molecule has 25 heavy (non-hydrogen) atoms. The van der Waals surface area contributed by atoms with Crippen LogP contribution in [0.15, 0.2) is 42.5 Å². The Morgan fingerprint density at radius 1 is 1.12 bits per heavy atom. The number of benzene rings is 2. The summed E-state index contributed by atoms with van der Waals surface area (Å²) in [5.41, 5.74) is 3.37. The number of carbonyl (C=O) groups excluding carboxylic acids is 1. The molecule has 1 amide bonds. The number of aromatic hydroxyl groups is 1. The Balaban J connectivity index is 1.70. The molecule has 0 unspecified atom stereocenters. The number of nitrogens with zero attached hydrogens (tertiary/aromatic N) is 2. The molecule has 0 aliphatic carbocycles. The summed E-state index contributed by atoms with van der Waals surface area (Å²) in [6.07, 6.45) is 0. The lowest BCUT2D eigenvalue weighted by molar-refractivity contribution is 0.102. The van der Waals surface area contributed by atoms with Crippen molar-refractivity contribution in [2.45, 2.75) is 13.8 Å². The predicted octanol–water partition coefficient (Wildman–Crippen LogP) is 3.09. The fourth-order valence-corrected chi connectivity index (χ4v) is 3.26. The van der Waals surface area contributed by atoms with Gasteiger partial charge in [-0.25, -0.2) is 0 Å². The van der Waals surface area contributed by atoms with E-state index in [2.05, 4.69) is 35.0 Å². The van der Waals surface area contributed by atoms with E-state index in [-0.39, 0.29) is 17.2 Å². The minimum absolute atomic E-state index is 0.0119. The van der Waals surface area contributed by atoms with Gasteiger partial charge in [-0.05, 0) is 49.4 Å². The highest BCUT2D eigenvalue weighted by molar-refractivity contribution is 6.06. The first-order chi connectivity index (χ1) is 12.1. The minimum atomic E-state index is -0.304. The number of anilines is 2. The molecule has 2 aromatic carbocycles. The lowest BCUT2D eigenvalue weighted by atomic mass is 10.1. The van der Waals surface area contributed by atoms with E-state index in [1.807, 2.05) is 12.1 Å². The van der Waals surface area contributed by atoms with Crippen molar-refractivity contribution >= 4 is 17.3 Å². The van der Waals surface area contributed by atoms with Crippen LogP contribution in [0.3, 0.4) is 0 Å². The molecule has 5 heteroatoms. The average molecular weight is 339 g/mol. The molecule has 1 aliphatic heterocycles. The molecule has 1 fully saturated rings. The summed E-state index contributed by atoms with van der Waals surface area (Å²) in [5.74, 6) is -0.316. The molecule has 2 N–H and O–H groups in total. The lowest BCUT2D eigenvalue weighted by Gasteiger charge is -2.36. The van der Waals surface area contributed by atoms with Crippen LogP contribution in [0.2, 0.25) is 0 Å². The van der Waals surface area contributed by atoms with Crippen molar-refractivity contribution in [2.24, 2.45) is 0 Å².